The molecule has 3 fully saturated rings. The zero-order valence-corrected chi connectivity index (χ0v) is 18.8. The van der Waals surface area contributed by atoms with Crippen molar-refractivity contribution >= 4 is 22.2 Å². The van der Waals surface area contributed by atoms with Crippen molar-refractivity contribution in [2.45, 2.75) is 32.6 Å². The van der Waals surface area contributed by atoms with Gasteiger partial charge in [-0.25, -0.2) is 4.79 Å². The third-order valence-corrected chi connectivity index (χ3v) is 8.10. The van der Waals surface area contributed by atoms with E-state index >= 15 is 0 Å². The number of ether oxygens (including phenoxy) is 1. The van der Waals surface area contributed by atoms with E-state index in [1.54, 1.807) is 11.8 Å². The molecule has 3 aliphatic rings. The summed E-state index contributed by atoms with van der Waals surface area (Å²) < 4.78 is 33.9. The maximum absolute atomic E-state index is 13.0. The predicted octanol–water partition coefficient (Wildman–Crippen LogP) is 0.0255. The normalized spacial score (nSPS) is 23.2. The lowest BCUT2D eigenvalue weighted by Gasteiger charge is -2.39. The number of likely N-dealkylation sites (tertiary alicyclic amines) is 1. The summed E-state index contributed by atoms with van der Waals surface area (Å²) in [5.74, 6) is 0.156. The standard InChI is InChI=1S/C19H35N5O5S/c1-2-29-19(26)22-11-15-24(16-12-22)30(27,28)23-13-9-20(10-14-23)17-18(25)21-7-5-3-4-6-8-21/h2-17H2,1H3. The molecular weight excluding hydrogens is 410 g/mol. The number of hydrogen-bond acceptors (Lipinski definition) is 6. The van der Waals surface area contributed by atoms with E-state index in [9.17, 15) is 18.0 Å². The Balaban J connectivity index is 1.45. The lowest BCUT2D eigenvalue weighted by Crippen LogP contribution is -2.58. The molecule has 0 atom stereocenters. The summed E-state index contributed by atoms with van der Waals surface area (Å²) in [5.41, 5.74) is 0. The van der Waals surface area contributed by atoms with Crippen molar-refractivity contribution in [1.82, 2.24) is 23.3 Å². The highest BCUT2D eigenvalue weighted by molar-refractivity contribution is 7.86. The Morgan fingerprint density at radius 1 is 0.733 bits per heavy atom. The molecule has 0 radical (unpaired) electrons. The lowest BCUT2D eigenvalue weighted by molar-refractivity contribution is -0.132. The molecule has 10 nitrogen and oxygen atoms in total. The molecule has 0 aliphatic carbocycles. The minimum atomic E-state index is -3.56. The molecule has 0 spiro atoms. The quantitative estimate of drug-likeness (QED) is 0.593. The first-order valence-electron chi connectivity index (χ1n) is 11.1. The van der Waals surface area contributed by atoms with Gasteiger partial charge in [-0.2, -0.15) is 17.0 Å². The summed E-state index contributed by atoms with van der Waals surface area (Å²) in [4.78, 5) is 29.9. The van der Waals surface area contributed by atoms with Gasteiger partial charge >= 0.3 is 6.09 Å². The van der Waals surface area contributed by atoms with Gasteiger partial charge in [0.15, 0.2) is 0 Å². The number of carbonyl (C=O) groups is 2. The van der Waals surface area contributed by atoms with Crippen LogP contribution >= 0.6 is 0 Å². The van der Waals surface area contributed by atoms with Gasteiger partial charge in [-0.05, 0) is 19.8 Å². The van der Waals surface area contributed by atoms with Crippen molar-refractivity contribution in [3.63, 3.8) is 0 Å². The molecule has 0 aromatic rings. The van der Waals surface area contributed by atoms with Crippen molar-refractivity contribution < 1.29 is 22.7 Å². The first-order chi connectivity index (χ1) is 14.4. The van der Waals surface area contributed by atoms with Gasteiger partial charge in [-0.15, -0.1) is 0 Å². The van der Waals surface area contributed by atoms with Crippen LogP contribution in [-0.4, -0.2) is 122 Å². The van der Waals surface area contributed by atoms with E-state index in [-0.39, 0.29) is 19.0 Å². The molecule has 0 bridgehead atoms. The molecule has 0 saturated carbocycles. The Hall–Kier alpha value is -1.43. The molecule has 2 amide bonds. The van der Waals surface area contributed by atoms with Gasteiger partial charge in [0.05, 0.1) is 13.2 Å². The van der Waals surface area contributed by atoms with Gasteiger partial charge in [0.1, 0.15) is 0 Å². The third kappa shape index (κ3) is 5.83. The first kappa shape index (κ1) is 23.2. The van der Waals surface area contributed by atoms with E-state index in [2.05, 4.69) is 4.90 Å². The van der Waals surface area contributed by atoms with Crippen molar-refractivity contribution in [2.75, 3.05) is 78.6 Å². The van der Waals surface area contributed by atoms with E-state index in [0.717, 1.165) is 25.9 Å². The zero-order valence-electron chi connectivity index (χ0n) is 18.0. The van der Waals surface area contributed by atoms with Gasteiger partial charge in [0.2, 0.25) is 5.91 Å². The minimum Gasteiger partial charge on any atom is -0.450 e. The van der Waals surface area contributed by atoms with E-state index < -0.39 is 16.3 Å². The summed E-state index contributed by atoms with van der Waals surface area (Å²) in [6.07, 6.45) is 4.13. The molecule has 0 aromatic carbocycles. The molecule has 11 heteroatoms. The molecular formula is C19H35N5O5S. The largest absolute Gasteiger partial charge is 0.450 e. The zero-order chi connectivity index (χ0) is 21.6. The van der Waals surface area contributed by atoms with Crippen molar-refractivity contribution in [2.24, 2.45) is 0 Å². The van der Waals surface area contributed by atoms with E-state index in [4.69, 9.17) is 4.74 Å². The van der Waals surface area contributed by atoms with Crippen molar-refractivity contribution in [3.05, 3.63) is 0 Å². The number of nitrogens with zero attached hydrogens (tertiary/aromatic N) is 5. The summed E-state index contributed by atoms with van der Waals surface area (Å²) in [7, 11) is -3.56. The molecule has 3 rings (SSSR count). The Morgan fingerprint density at radius 3 is 1.80 bits per heavy atom. The maximum atomic E-state index is 13.0. The summed E-state index contributed by atoms with van der Waals surface area (Å²) >= 11 is 0. The van der Waals surface area contributed by atoms with Crippen LogP contribution in [0.2, 0.25) is 0 Å². The number of piperazine rings is 2. The highest BCUT2D eigenvalue weighted by Crippen LogP contribution is 2.16. The molecule has 172 valence electrons. The number of amides is 2. The smallest absolute Gasteiger partial charge is 0.409 e. The van der Waals surface area contributed by atoms with Gasteiger partial charge in [0.25, 0.3) is 10.2 Å². The number of hydrogen-bond donors (Lipinski definition) is 0. The van der Waals surface area contributed by atoms with Crippen LogP contribution in [0.1, 0.15) is 32.6 Å². The maximum Gasteiger partial charge on any atom is 0.409 e. The molecule has 0 N–H and O–H groups in total. The van der Waals surface area contributed by atoms with E-state index in [1.165, 1.54) is 21.5 Å². The Morgan fingerprint density at radius 2 is 1.27 bits per heavy atom. The SMILES string of the molecule is CCOC(=O)N1CCN(S(=O)(=O)N2CCN(CC(=O)N3CCCCCC3)CC2)CC1. The van der Waals surface area contributed by atoms with Crippen LogP contribution in [0.25, 0.3) is 0 Å². The molecule has 0 aromatic heterocycles. The average molecular weight is 446 g/mol. The topological polar surface area (TPSA) is 93.7 Å². The van der Waals surface area contributed by atoms with Gasteiger partial charge in [0, 0.05) is 65.4 Å². The van der Waals surface area contributed by atoms with Gasteiger partial charge in [-0.3, -0.25) is 9.69 Å². The first-order valence-corrected chi connectivity index (χ1v) is 12.5. The van der Waals surface area contributed by atoms with Crippen LogP contribution in [0, 0.1) is 0 Å². The fourth-order valence-corrected chi connectivity index (χ4v) is 5.79. The summed E-state index contributed by atoms with van der Waals surface area (Å²) in [6.45, 7) is 7.20. The third-order valence-electron chi connectivity index (χ3n) is 6.07. The molecule has 3 saturated heterocycles. The fourth-order valence-electron chi connectivity index (χ4n) is 4.21. The minimum absolute atomic E-state index is 0.156. The van der Waals surface area contributed by atoms with Crippen LogP contribution < -0.4 is 0 Å². The highest BCUT2D eigenvalue weighted by Gasteiger charge is 2.35. The lowest BCUT2D eigenvalue weighted by atomic mass is 10.2. The Labute approximate surface area is 179 Å². The van der Waals surface area contributed by atoms with Crippen LogP contribution in [0.4, 0.5) is 4.79 Å². The number of carbonyl (C=O) groups excluding carboxylic acids is 2. The summed E-state index contributed by atoms with van der Waals surface area (Å²) in [5, 5.41) is 0. The molecule has 30 heavy (non-hydrogen) atoms. The van der Waals surface area contributed by atoms with Crippen LogP contribution in [0.3, 0.4) is 0 Å². The van der Waals surface area contributed by atoms with Crippen LogP contribution in [0.5, 0.6) is 0 Å². The molecule has 0 unspecified atom stereocenters. The number of rotatable bonds is 5. The van der Waals surface area contributed by atoms with Crippen molar-refractivity contribution in [3.8, 4) is 0 Å². The second-order valence-corrected chi connectivity index (χ2v) is 9.99. The monoisotopic (exact) mass is 445 g/mol. The van der Waals surface area contributed by atoms with Gasteiger partial charge in [-0.1, -0.05) is 12.8 Å². The highest BCUT2D eigenvalue weighted by atomic mass is 32.2. The molecule has 3 heterocycles. The fraction of sp³-hybridized carbons (Fsp3) is 0.895. The van der Waals surface area contributed by atoms with Crippen LogP contribution in [-0.2, 0) is 19.7 Å². The average Bonchev–Trinajstić information content (AvgIpc) is 3.04. The van der Waals surface area contributed by atoms with E-state index in [1.807, 2.05) is 4.90 Å². The Bertz CT molecular complexity index is 679. The predicted molar refractivity (Wildman–Crippen MR) is 112 cm³/mol. The summed E-state index contributed by atoms with van der Waals surface area (Å²) in [6, 6.07) is 0. The van der Waals surface area contributed by atoms with Gasteiger partial charge < -0.3 is 14.5 Å². The molecule has 3 aliphatic heterocycles. The van der Waals surface area contributed by atoms with Crippen LogP contribution in [0.15, 0.2) is 0 Å². The van der Waals surface area contributed by atoms with E-state index in [0.29, 0.717) is 52.4 Å². The second-order valence-electron chi connectivity index (χ2n) is 8.06. The Kier molecular flexibility index (Phi) is 8.32. The van der Waals surface area contributed by atoms with Crippen molar-refractivity contribution in [1.29, 1.82) is 0 Å². The second kappa shape index (κ2) is 10.7.